The lowest BCUT2D eigenvalue weighted by Crippen LogP contribution is -2.48. The molecule has 1 aliphatic heterocycles. The number of hydrogen-bond donors (Lipinski definition) is 0. The number of piperazine rings is 1. The number of amides is 1. The van der Waals surface area contributed by atoms with Gasteiger partial charge >= 0.3 is 0 Å². The van der Waals surface area contributed by atoms with Crippen molar-refractivity contribution < 1.29 is 9.21 Å². The third-order valence-corrected chi connectivity index (χ3v) is 5.96. The van der Waals surface area contributed by atoms with Crippen LogP contribution in [-0.2, 0) is 0 Å². The van der Waals surface area contributed by atoms with Crippen molar-refractivity contribution in [1.29, 1.82) is 0 Å². The van der Waals surface area contributed by atoms with E-state index in [-0.39, 0.29) is 5.91 Å². The van der Waals surface area contributed by atoms with E-state index < -0.39 is 0 Å². The zero-order valence-corrected chi connectivity index (χ0v) is 14.8. The minimum absolute atomic E-state index is 0.0423. The van der Waals surface area contributed by atoms with Crippen molar-refractivity contribution in [3.8, 4) is 9.88 Å². The summed E-state index contributed by atoms with van der Waals surface area (Å²) in [5.41, 5.74) is 0. The second-order valence-electron chi connectivity index (χ2n) is 5.56. The van der Waals surface area contributed by atoms with Crippen LogP contribution in [0.25, 0.3) is 9.88 Å². The van der Waals surface area contributed by atoms with Crippen LogP contribution in [0.15, 0.2) is 34.1 Å². The first-order valence-electron chi connectivity index (χ1n) is 7.69. The Balaban J connectivity index is 1.40. The molecule has 1 amide bonds. The Labute approximate surface area is 147 Å². The Morgan fingerprint density at radius 3 is 2.67 bits per heavy atom. The molecule has 0 bridgehead atoms. The predicted octanol–water partition coefficient (Wildman–Crippen LogP) is 3.13. The minimum Gasteiger partial charge on any atom is -0.456 e. The third-order valence-electron chi connectivity index (χ3n) is 3.93. The molecular formula is C16H16N4O2S2. The Morgan fingerprint density at radius 2 is 2.00 bits per heavy atom. The van der Waals surface area contributed by atoms with E-state index in [0.717, 1.165) is 33.9 Å². The molecule has 4 rings (SSSR count). The van der Waals surface area contributed by atoms with E-state index >= 15 is 0 Å². The van der Waals surface area contributed by atoms with Crippen LogP contribution in [0.2, 0.25) is 0 Å². The standard InChI is InChI=1S/C16H16N4O2S2/c1-11-4-5-12(22-11)15(21)19-6-8-20(9-7-19)16-18-17-14(24-16)13-3-2-10-23-13/h2-5,10H,6-9H2,1H3. The van der Waals surface area contributed by atoms with Gasteiger partial charge in [0, 0.05) is 26.2 Å². The van der Waals surface area contributed by atoms with Crippen LogP contribution in [0, 0.1) is 6.92 Å². The van der Waals surface area contributed by atoms with Crippen LogP contribution < -0.4 is 4.90 Å². The average Bonchev–Trinajstić information content (AvgIpc) is 3.35. The molecule has 6 nitrogen and oxygen atoms in total. The van der Waals surface area contributed by atoms with Gasteiger partial charge in [-0.15, -0.1) is 21.5 Å². The summed E-state index contributed by atoms with van der Waals surface area (Å²) in [7, 11) is 0. The van der Waals surface area contributed by atoms with Crippen molar-refractivity contribution in [2.24, 2.45) is 0 Å². The first-order valence-corrected chi connectivity index (χ1v) is 9.38. The van der Waals surface area contributed by atoms with Crippen LogP contribution in [0.4, 0.5) is 5.13 Å². The molecule has 0 saturated carbocycles. The van der Waals surface area contributed by atoms with Crippen molar-refractivity contribution in [2.45, 2.75) is 6.92 Å². The van der Waals surface area contributed by atoms with Gasteiger partial charge in [-0.2, -0.15) is 0 Å². The summed E-state index contributed by atoms with van der Waals surface area (Å²) in [6.07, 6.45) is 0. The molecule has 1 fully saturated rings. The zero-order valence-electron chi connectivity index (χ0n) is 13.1. The summed E-state index contributed by atoms with van der Waals surface area (Å²) in [6.45, 7) is 4.67. The van der Waals surface area contributed by atoms with Crippen molar-refractivity contribution in [1.82, 2.24) is 15.1 Å². The van der Waals surface area contributed by atoms with E-state index in [2.05, 4.69) is 21.2 Å². The van der Waals surface area contributed by atoms with E-state index in [9.17, 15) is 4.79 Å². The molecule has 124 valence electrons. The van der Waals surface area contributed by atoms with Crippen molar-refractivity contribution in [3.63, 3.8) is 0 Å². The summed E-state index contributed by atoms with van der Waals surface area (Å²) < 4.78 is 5.43. The molecule has 3 aromatic rings. The molecule has 0 spiro atoms. The van der Waals surface area contributed by atoms with Crippen molar-refractivity contribution in [2.75, 3.05) is 31.1 Å². The van der Waals surface area contributed by atoms with Gasteiger partial charge in [0.2, 0.25) is 5.13 Å². The molecule has 0 unspecified atom stereocenters. The molecule has 8 heteroatoms. The van der Waals surface area contributed by atoms with Gasteiger partial charge in [0.1, 0.15) is 5.76 Å². The molecule has 3 aromatic heterocycles. The lowest BCUT2D eigenvalue weighted by molar-refractivity contribution is 0.0713. The molecule has 0 aromatic carbocycles. The Morgan fingerprint density at radius 1 is 1.17 bits per heavy atom. The minimum atomic E-state index is -0.0423. The third kappa shape index (κ3) is 2.94. The van der Waals surface area contributed by atoms with E-state index in [0.29, 0.717) is 18.8 Å². The molecule has 0 radical (unpaired) electrons. The highest BCUT2D eigenvalue weighted by molar-refractivity contribution is 7.22. The number of aromatic nitrogens is 2. The van der Waals surface area contributed by atoms with E-state index in [1.54, 1.807) is 28.7 Å². The van der Waals surface area contributed by atoms with Gasteiger partial charge in [-0.05, 0) is 30.5 Å². The van der Waals surface area contributed by atoms with Crippen LogP contribution in [-0.4, -0.2) is 47.2 Å². The molecule has 1 aliphatic rings. The molecule has 24 heavy (non-hydrogen) atoms. The lowest BCUT2D eigenvalue weighted by atomic mass is 10.3. The summed E-state index contributed by atoms with van der Waals surface area (Å²) in [5.74, 6) is 1.13. The predicted molar refractivity (Wildman–Crippen MR) is 94.8 cm³/mol. The van der Waals surface area contributed by atoms with E-state index in [4.69, 9.17) is 4.42 Å². The number of thiophene rings is 1. The smallest absolute Gasteiger partial charge is 0.289 e. The Kier molecular flexibility index (Phi) is 4.07. The molecular weight excluding hydrogens is 344 g/mol. The zero-order chi connectivity index (χ0) is 16.5. The first kappa shape index (κ1) is 15.3. The number of hydrogen-bond acceptors (Lipinski definition) is 7. The number of nitrogens with zero attached hydrogens (tertiary/aromatic N) is 4. The maximum Gasteiger partial charge on any atom is 0.289 e. The molecule has 1 saturated heterocycles. The maximum atomic E-state index is 12.4. The number of carbonyl (C=O) groups is 1. The number of carbonyl (C=O) groups excluding carboxylic acids is 1. The summed E-state index contributed by atoms with van der Waals surface area (Å²) in [4.78, 5) is 17.6. The molecule has 4 heterocycles. The average molecular weight is 360 g/mol. The van der Waals surface area contributed by atoms with Gasteiger partial charge in [-0.25, -0.2) is 0 Å². The fourth-order valence-electron chi connectivity index (χ4n) is 2.65. The van der Waals surface area contributed by atoms with Crippen LogP contribution in [0.3, 0.4) is 0 Å². The number of aryl methyl sites for hydroxylation is 1. The second-order valence-corrected chi connectivity index (χ2v) is 7.46. The van der Waals surface area contributed by atoms with Crippen molar-refractivity contribution in [3.05, 3.63) is 41.2 Å². The van der Waals surface area contributed by atoms with E-state index in [1.807, 2.05) is 29.3 Å². The quantitative estimate of drug-likeness (QED) is 0.718. The fourth-order valence-corrected chi connectivity index (χ4v) is 4.34. The van der Waals surface area contributed by atoms with Crippen LogP contribution >= 0.6 is 22.7 Å². The number of rotatable bonds is 3. The van der Waals surface area contributed by atoms with Gasteiger partial charge in [0.15, 0.2) is 10.8 Å². The summed E-state index contributed by atoms with van der Waals surface area (Å²) in [6, 6.07) is 7.62. The van der Waals surface area contributed by atoms with Gasteiger partial charge < -0.3 is 14.2 Å². The van der Waals surface area contributed by atoms with Crippen LogP contribution in [0.1, 0.15) is 16.3 Å². The molecule has 0 N–H and O–H groups in total. The molecule has 0 atom stereocenters. The normalized spacial score (nSPS) is 15.0. The van der Waals surface area contributed by atoms with Crippen molar-refractivity contribution >= 4 is 33.7 Å². The highest BCUT2D eigenvalue weighted by Gasteiger charge is 2.25. The second kappa shape index (κ2) is 6.37. The highest BCUT2D eigenvalue weighted by atomic mass is 32.1. The topological polar surface area (TPSA) is 62.5 Å². The Hall–Kier alpha value is -2.19. The Bertz CT molecular complexity index is 832. The fraction of sp³-hybridized carbons (Fsp3) is 0.312. The van der Waals surface area contributed by atoms with Gasteiger partial charge in [0.25, 0.3) is 5.91 Å². The molecule has 0 aliphatic carbocycles. The van der Waals surface area contributed by atoms with Gasteiger partial charge in [-0.1, -0.05) is 17.4 Å². The largest absolute Gasteiger partial charge is 0.456 e. The number of furan rings is 1. The first-order chi connectivity index (χ1) is 11.7. The number of anilines is 1. The van der Waals surface area contributed by atoms with Crippen LogP contribution in [0.5, 0.6) is 0 Å². The summed E-state index contributed by atoms with van der Waals surface area (Å²) in [5, 5.41) is 12.5. The summed E-state index contributed by atoms with van der Waals surface area (Å²) >= 11 is 3.26. The maximum absolute atomic E-state index is 12.4. The monoisotopic (exact) mass is 360 g/mol. The van der Waals surface area contributed by atoms with Gasteiger partial charge in [-0.3, -0.25) is 4.79 Å². The van der Waals surface area contributed by atoms with Gasteiger partial charge in [0.05, 0.1) is 4.88 Å². The van der Waals surface area contributed by atoms with E-state index in [1.165, 1.54) is 0 Å². The lowest BCUT2D eigenvalue weighted by Gasteiger charge is -2.33. The highest BCUT2D eigenvalue weighted by Crippen LogP contribution is 2.31. The SMILES string of the molecule is Cc1ccc(C(=O)N2CCN(c3nnc(-c4cccs4)s3)CC2)o1.